The molecule has 4 nitrogen and oxygen atoms in total. The lowest BCUT2D eigenvalue weighted by molar-refractivity contribution is -0.118. The Balaban J connectivity index is 2.26. The van der Waals surface area contributed by atoms with Crippen LogP contribution in [0, 0.1) is 6.92 Å². The number of nitrogens with one attached hydrogen (secondary N) is 1. The van der Waals surface area contributed by atoms with Crippen LogP contribution in [-0.2, 0) is 4.79 Å². The third-order valence-corrected chi connectivity index (χ3v) is 3.14. The first-order chi connectivity index (χ1) is 9.06. The van der Waals surface area contributed by atoms with Crippen LogP contribution in [0.15, 0.2) is 47.2 Å². The molecule has 3 N–H and O–H groups in total. The molecule has 0 bridgehead atoms. The highest BCUT2D eigenvalue weighted by atomic mass is 79.9. The predicted molar refractivity (Wildman–Crippen MR) is 78.7 cm³/mol. The van der Waals surface area contributed by atoms with Crippen molar-refractivity contribution in [3.8, 4) is 0 Å². The number of benzene rings is 1. The van der Waals surface area contributed by atoms with E-state index in [2.05, 4.69) is 26.2 Å². The molecule has 98 valence electrons. The third-order valence-electron chi connectivity index (χ3n) is 2.71. The monoisotopic (exact) mass is 319 g/mol. The summed E-state index contributed by atoms with van der Waals surface area (Å²) in [6, 6.07) is 8.96. The van der Waals surface area contributed by atoms with E-state index < -0.39 is 11.9 Å². The highest BCUT2D eigenvalue weighted by Crippen LogP contribution is 2.21. The highest BCUT2D eigenvalue weighted by Gasteiger charge is 2.17. The Morgan fingerprint density at radius 2 is 2.00 bits per heavy atom. The van der Waals surface area contributed by atoms with E-state index in [-0.39, 0.29) is 0 Å². The lowest BCUT2D eigenvalue weighted by Gasteiger charge is -2.17. The number of anilines is 1. The number of rotatable bonds is 4. The normalized spacial score (nSPS) is 11.9. The fourth-order valence-corrected chi connectivity index (χ4v) is 2.10. The van der Waals surface area contributed by atoms with Crippen LogP contribution in [0.4, 0.5) is 5.69 Å². The zero-order valence-corrected chi connectivity index (χ0v) is 12.0. The van der Waals surface area contributed by atoms with Crippen LogP contribution in [-0.4, -0.2) is 10.9 Å². The molecule has 1 aromatic heterocycles. The quantitative estimate of drug-likeness (QED) is 0.910. The Kier molecular flexibility index (Phi) is 4.16. The van der Waals surface area contributed by atoms with Gasteiger partial charge in [0.2, 0.25) is 5.91 Å². The minimum absolute atomic E-state index is 0.427. The Labute approximate surface area is 120 Å². The van der Waals surface area contributed by atoms with Gasteiger partial charge >= 0.3 is 0 Å². The lowest BCUT2D eigenvalue weighted by atomic mass is 10.0. The molecule has 19 heavy (non-hydrogen) atoms. The average molecular weight is 320 g/mol. The largest absolute Gasteiger partial charge is 0.369 e. The topological polar surface area (TPSA) is 68.0 Å². The minimum atomic E-state index is -0.573. The van der Waals surface area contributed by atoms with Crippen molar-refractivity contribution in [2.75, 3.05) is 5.32 Å². The summed E-state index contributed by atoms with van der Waals surface area (Å²) in [6.45, 7) is 1.99. The summed E-state index contributed by atoms with van der Waals surface area (Å²) < 4.78 is 0.838. The standard InChI is InChI=1S/C14H14BrN3O/c1-9-2-4-10(5-3-9)13(14(16)19)18-12-6-11(15)7-17-8-12/h2-8,13,18H,1H3,(H2,16,19)/t13-/m1/s1. The van der Waals surface area contributed by atoms with E-state index in [9.17, 15) is 4.79 Å². The number of halogens is 1. The molecule has 1 atom stereocenters. The second-order valence-electron chi connectivity index (χ2n) is 4.28. The lowest BCUT2D eigenvalue weighted by Crippen LogP contribution is -2.27. The maximum absolute atomic E-state index is 11.6. The van der Waals surface area contributed by atoms with Gasteiger partial charge in [-0.1, -0.05) is 29.8 Å². The van der Waals surface area contributed by atoms with Crippen LogP contribution < -0.4 is 11.1 Å². The van der Waals surface area contributed by atoms with E-state index in [1.165, 1.54) is 0 Å². The van der Waals surface area contributed by atoms with Gasteiger partial charge in [0.25, 0.3) is 0 Å². The molecule has 1 heterocycles. The molecule has 2 rings (SSSR count). The van der Waals surface area contributed by atoms with Crippen molar-refractivity contribution >= 4 is 27.5 Å². The van der Waals surface area contributed by atoms with E-state index in [4.69, 9.17) is 5.73 Å². The summed E-state index contributed by atoms with van der Waals surface area (Å²) in [7, 11) is 0. The van der Waals surface area contributed by atoms with Gasteiger partial charge in [0.1, 0.15) is 6.04 Å². The first-order valence-corrected chi connectivity index (χ1v) is 6.58. The van der Waals surface area contributed by atoms with Crippen LogP contribution in [0.1, 0.15) is 17.2 Å². The number of carbonyl (C=O) groups is 1. The molecular formula is C14H14BrN3O. The predicted octanol–water partition coefficient (Wildman–Crippen LogP) is 2.79. The molecule has 0 saturated heterocycles. The number of hydrogen-bond acceptors (Lipinski definition) is 3. The van der Waals surface area contributed by atoms with Crippen LogP contribution in [0.2, 0.25) is 0 Å². The molecule has 0 saturated carbocycles. The van der Waals surface area contributed by atoms with Crippen LogP contribution in [0.25, 0.3) is 0 Å². The van der Waals surface area contributed by atoms with Crippen LogP contribution >= 0.6 is 15.9 Å². The molecule has 0 unspecified atom stereocenters. The number of aryl methyl sites for hydroxylation is 1. The van der Waals surface area contributed by atoms with Crippen molar-refractivity contribution in [2.24, 2.45) is 5.73 Å². The third kappa shape index (κ3) is 3.54. The first kappa shape index (κ1) is 13.5. The minimum Gasteiger partial charge on any atom is -0.369 e. The first-order valence-electron chi connectivity index (χ1n) is 5.79. The Morgan fingerprint density at radius 3 is 2.58 bits per heavy atom. The van der Waals surface area contributed by atoms with Gasteiger partial charge in [-0.3, -0.25) is 9.78 Å². The van der Waals surface area contributed by atoms with Gasteiger partial charge < -0.3 is 11.1 Å². The zero-order chi connectivity index (χ0) is 13.8. The molecular weight excluding hydrogens is 306 g/mol. The van der Waals surface area contributed by atoms with Crippen LogP contribution in [0.5, 0.6) is 0 Å². The molecule has 2 aromatic rings. The number of pyridine rings is 1. The Bertz CT molecular complexity index is 583. The van der Waals surface area contributed by atoms with Gasteiger partial charge in [-0.2, -0.15) is 0 Å². The van der Waals surface area contributed by atoms with E-state index >= 15 is 0 Å². The fourth-order valence-electron chi connectivity index (χ4n) is 1.74. The molecule has 0 aliphatic rings. The zero-order valence-electron chi connectivity index (χ0n) is 10.4. The molecule has 0 spiro atoms. The van der Waals surface area contributed by atoms with Crippen LogP contribution in [0.3, 0.4) is 0 Å². The fraction of sp³-hybridized carbons (Fsp3) is 0.143. The van der Waals surface area contributed by atoms with Gasteiger partial charge in [-0.25, -0.2) is 0 Å². The number of primary amides is 1. The molecule has 0 aliphatic heterocycles. The van der Waals surface area contributed by atoms with Crippen molar-refractivity contribution in [1.82, 2.24) is 4.98 Å². The van der Waals surface area contributed by atoms with Gasteiger partial charge in [-0.15, -0.1) is 0 Å². The van der Waals surface area contributed by atoms with Crippen molar-refractivity contribution in [3.63, 3.8) is 0 Å². The smallest absolute Gasteiger partial charge is 0.244 e. The summed E-state index contributed by atoms with van der Waals surface area (Å²) in [5, 5.41) is 3.09. The summed E-state index contributed by atoms with van der Waals surface area (Å²) in [4.78, 5) is 15.6. The second kappa shape index (κ2) is 5.84. The number of hydrogen-bond donors (Lipinski definition) is 2. The SMILES string of the molecule is Cc1ccc([C@@H](Nc2cncc(Br)c2)C(N)=O)cc1. The summed E-state index contributed by atoms with van der Waals surface area (Å²) in [5.41, 5.74) is 8.16. The summed E-state index contributed by atoms with van der Waals surface area (Å²) in [5.74, 6) is -0.427. The molecule has 1 amide bonds. The number of nitrogens with zero attached hydrogens (tertiary/aromatic N) is 1. The van der Waals surface area contributed by atoms with E-state index in [1.54, 1.807) is 12.4 Å². The van der Waals surface area contributed by atoms with Crippen molar-refractivity contribution < 1.29 is 4.79 Å². The maximum atomic E-state index is 11.6. The van der Waals surface area contributed by atoms with Crippen molar-refractivity contribution in [1.29, 1.82) is 0 Å². The number of aromatic nitrogens is 1. The molecule has 1 aromatic carbocycles. The summed E-state index contributed by atoms with van der Waals surface area (Å²) >= 11 is 3.34. The summed E-state index contributed by atoms with van der Waals surface area (Å²) in [6.07, 6.45) is 3.32. The van der Waals surface area contributed by atoms with Gasteiger partial charge in [0.05, 0.1) is 11.9 Å². The Morgan fingerprint density at radius 1 is 1.32 bits per heavy atom. The number of carbonyl (C=O) groups excluding carboxylic acids is 1. The average Bonchev–Trinajstić information content (AvgIpc) is 2.37. The number of nitrogens with two attached hydrogens (primary N) is 1. The van der Waals surface area contributed by atoms with E-state index in [1.807, 2.05) is 37.3 Å². The van der Waals surface area contributed by atoms with Gasteiger partial charge in [-0.05, 0) is 34.5 Å². The maximum Gasteiger partial charge on any atom is 0.244 e. The second-order valence-corrected chi connectivity index (χ2v) is 5.20. The van der Waals surface area contributed by atoms with E-state index in [0.717, 1.165) is 21.3 Å². The van der Waals surface area contributed by atoms with Crippen molar-refractivity contribution in [3.05, 3.63) is 58.3 Å². The van der Waals surface area contributed by atoms with Gasteiger partial charge in [0, 0.05) is 10.7 Å². The Hall–Kier alpha value is -1.88. The molecule has 0 fully saturated rings. The van der Waals surface area contributed by atoms with Crippen molar-refractivity contribution in [2.45, 2.75) is 13.0 Å². The van der Waals surface area contributed by atoms with Gasteiger partial charge in [0.15, 0.2) is 0 Å². The molecule has 0 aliphatic carbocycles. The van der Waals surface area contributed by atoms with E-state index in [0.29, 0.717) is 0 Å². The molecule has 0 radical (unpaired) electrons. The highest BCUT2D eigenvalue weighted by molar-refractivity contribution is 9.10. The number of amides is 1. The molecule has 5 heteroatoms.